The van der Waals surface area contributed by atoms with E-state index >= 15 is 0 Å². The topological polar surface area (TPSA) is 29.0 Å². The lowest BCUT2D eigenvalue weighted by Gasteiger charge is -2.22. The van der Waals surface area contributed by atoms with Crippen LogP contribution in [0.1, 0.15) is 25.5 Å². The van der Waals surface area contributed by atoms with Gasteiger partial charge in [-0.05, 0) is 18.6 Å². The molecule has 1 aromatic heterocycles. The van der Waals surface area contributed by atoms with Gasteiger partial charge in [0.05, 0.1) is 0 Å². The smallest absolute Gasteiger partial charge is 0.354 e. The van der Waals surface area contributed by atoms with Crippen molar-refractivity contribution in [2.24, 2.45) is 0 Å². The van der Waals surface area contributed by atoms with E-state index in [2.05, 4.69) is 10.2 Å². The minimum absolute atomic E-state index is 0.395. The van der Waals surface area contributed by atoms with Crippen molar-refractivity contribution in [3.8, 4) is 0 Å². The SMILES string of the molecule is CCCCN(CCCl)c1ccc(C(F)(F)F)nn1. The Labute approximate surface area is 109 Å². The summed E-state index contributed by atoms with van der Waals surface area (Å²) in [6.45, 7) is 3.29. The molecule has 0 N–H and O–H groups in total. The van der Waals surface area contributed by atoms with Crippen molar-refractivity contribution in [3.63, 3.8) is 0 Å². The summed E-state index contributed by atoms with van der Waals surface area (Å²) in [5.74, 6) is 0.823. The van der Waals surface area contributed by atoms with Gasteiger partial charge in [-0.15, -0.1) is 21.8 Å². The number of aromatic nitrogens is 2. The molecule has 0 aromatic carbocycles. The monoisotopic (exact) mass is 281 g/mol. The van der Waals surface area contributed by atoms with Crippen molar-refractivity contribution >= 4 is 17.4 Å². The molecule has 0 fully saturated rings. The molecule has 0 spiro atoms. The predicted molar refractivity (Wildman–Crippen MR) is 64.9 cm³/mol. The highest BCUT2D eigenvalue weighted by Gasteiger charge is 2.33. The van der Waals surface area contributed by atoms with E-state index in [9.17, 15) is 13.2 Å². The number of alkyl halides is 4. The zero-order valence-corrected chi connectivity index (χ0v) is 10.8. The summed E-state index contributed by atoms with van der Waals surface area (Å²) >= 11 is 5.66. The van der Waals surface area contributed by atoms with Gasteiger partial charge in [0.15, 0.2) is 11.5 Å². The van der Waals surface area contributed by atoms with Gasteiger partial charge in [-0.3, -0.25) is 0 Å². The molecular formula is C11H15ClF3N3. The Morgan fingerprint density at radius 1 is 1.22 bits per heavy atom. The molecule has 7 heteroatoms. The third-order valence-corrected chi connectivity index (χ3v) is 2.57. The highest BCUT2D eigenvalue weighted by molar-refractivity contribution is 6.18. The van der Waals surface area contributed by atoms with Crippen LogP contribution < -0.4 is 4.90 Å². The van der Waals surface area contributed by atoms with Gasteiger partial charge in [0.2, 0.25) is 0 Å². The van der Waals surface area contributed by atoms with Crippen molar-refractivity contribution in [2.45, 2.75) is 25.9 Å². The second-order valence-electron chi connectivity index (χ2n) is 3.80. The maximum Gasteiger partial charge on any atom is 0.435 e. The number of anilines is 1. The Hall–Kier alpha value is -1.04. The first-order valence-electron chi connectivity index (χ1n) is 5.71. The quantitative estimate of drug-likeness (QED) is 0.749. The van der Waals surface area contributed by atoms with Gasteiger partial charge in [-0.25, -0.2) is 0 Å². The summed E-state index contributed by atoms with van der Waals surface area (Å²) in [5.41, 5.74) is -0.979. The van der Waals surface area contributed by atoms with E-state index in [1.54, 1.807) is 0 Å². The second-order valence-corrected chi connectivity index (χ2v) is 4.18. The summed E-state index contributed by atoms with van der Waals surface area (Å²) in [7, 11) is 0. The standard InChI is InChI=1S/C11H15ClF3N3/c1-2-3-7-18(8-6-12)10-5-4-9(16-17-10)11(13,14)15/h4-5H,2-3,6-8H2,1H3. The van der Waals surface area contributed by atoms with Gasteiger partial charge < -0.3 is 4.90 Å². The molecule has 0 saturated carbocycles. The van der Waals surface area contributed by atoms with Crippen LogP contribution in [0.15, 0.2) is 12.1 Å². The Morgan fingerprint density at radius 3 is 2.39 bits per heavy atom. The lowest BCUT2D eigenvalue weighted by atomic mass is 10.3. The molecule has 102 valence electrons. The van der Waals surface area contributed by atoms with Crippen LogP contribution >= 0.6 is 11.6 Å². The molecule has 0 atom stereocenters. The molecule has 18 heavy (non-hydrogen) atoms. The number of rotatable bonds is 6. The summed E-state index contributed by atoms with van der Waals surface area (Å²) < 4.78 is 37.0. The number of nitrogens with zero attached hydrogens (tertiary/aromatic N) is 3. The minimum atomic E-state index is -4.45. The van der Waals surface area contributed by atoms with Crippen LogP contribution in [0, 0.1) is 0 Å². The summed E-state index contributed by atoms with van der Waals surface area (Å²) in [5, 5.41) is 6.82. The predicted octanol–water partition coefficient (Wildman–Crippen LogP) is 3.34. The molecular weight excluding hydrogens is 267 g/mol. The number of hydrogen-bond donors (Lipinski definition) is 0. The highest BCUT2D eigenvalue weighted by Crippen LogP contribution is 2.27. The average Bonchev–Trinajstić information content (AvgIpc) is 2.33. The number of unbranched alkanes of at least 4 members (excludes halogenated alkanes) is 1. The molecule has 0 saturated heterocycles. The lowest BCUT2D eigenvalue weighted by Crippen LogP contribution is -2.28. The van der Waals surface area contributed by atoms with E-state index in [-0.39, 0.29) is 0 Å². The molecule has 0 bridgehead atoms. The van der Waals surface area contributed by atoms with E-state index in [1.165, 1.54) is 6.07 Å². The first kappa shape index (κ1) is 15.0. The van der Waals surface area contributed by atoms with Crippen LogP contribution in [0.2, 0.25) is 0 Å². The molecule has 0 aliphatic heterocycles. The largest absolute Gasteiger partial charge is 0.435 e. The van der Waals surface area contributed by atoms with Crippen molar-refractivity contribution in [1.82, 2.24) is 10.2 Å². The molecule has 3 nitrogen and oxygen atoms in total. The van der Waals surface area contributed by atoms with Crippen molar-refractivity contribution in [2.75, 3.05) is 23.9 Å². The third kappa shape index (κ3) is 4.33. The molecule has 0 radical (unpaired) electrons. The lowest BCUT2D eigenvalue weighted by molar-refractivity contribution is -0.141. The average molecular weight is 282 g/mol. The molecule has 1 heterocycles. The molecule has 0 aliphatic rings. The van der Waals surface area contributed by atoms with Crippen molar-refractivity contribution < 1.29 is 13.2 Å². The van der Waals surface area contributed by atoms with Crippen LogP contribution in [0.25, 0.3) is 0 Å². The summed E-state index contributed by atoms with van der Waals surface area (Å²) in [6.07, 6.45) is -2.53. The molecule has 0 unspecified atom stereocenters. The van der Waals surface area contributed by atoms with Gasteiger partial charge in [0.25, 0.3) is 0 Å². The maximum atomic E-state index is 12.3. The van der Waals surface area contributed by atoms with Crippen LogP contribution in [0.5, 0.6) is 0 Å². The van der Waals surface area contributed by atoms with Crippen LogP contribution in [0.3, 0.4) is 0 Å². The fraction of sp³-hybridized carbons (Fsp3) is 0.636. The first-order chi connectivity index (χ1) is 8.49. The van der Waals surface area contributed by atoms with E-state index < -0.39 is 11.9 Å². The Balaban J connectivity index is 2.79. The highest BCUT2D eigenvalue weighted by atomic mass is 35.5. The Morgan fingerprint density at radius 2 is 1.94 bits per heavy atom. The number of halogens is 4. The molecule has 1 aromatic rings. The Kier molecular flexibility index (Phi) is 5.65. The van der Waals surface area contributed by atoms with Gasteiger partial charge in [0, 0.05) is 19.0 Å². The van der Waals surface area contributed by atoms with E-state index in [1.807, 2.05) is 11.8 Å². The van der Waals surface area contributed by atoms with E-state index in [0.29, 0.717) is 24.8 Å². The van der Waals surface area contributed by atoms with E-state index in [0.717, 1.165) is 18.9 Å². The van der Waals surface area contributed by atoms with Crippen molar-refractivity contribution in [3.05, 3.63) is 17.8 Å². The minimum Gasteiger partial charge on any atom is -0.354 e. The van der Waals surface area contributed by atoms with Gasteiger partial charge in [-0.1, -0.05) is 13.3 Å². The van der Waals surface area contributed by atoms with Gasteiger partial charge in [0.1, 0.15) is 0 Å². The second kappa shape index (κ2) is 6.78. The maximum absolute atomic E-state index is 12.3. The van der Waals surface area contributed by atoms with E-state index in [4.69, 9.17) is 11.6 Å². The van der Waals surface area contributed by atoms with Gasteiger partial charge in [-0.2, -0.15) is 13.2 Å². The number of hydrogen-bond acceptors (Lipinski definition) is 3. The fourth-order valence-corrected chi connectivity index (χ4v) is 1.64. The summed E-state index contributed by atoms with van der Waals surface area (Å²) in [6, 6.07) is 2.27. The fourth-order valence-electron chi connectivity index (χ4n) is 1.44. The molecule has 1 rings (SSSR count). The van der Waals surface area contributed by atoms with Crippen LogP contribution in [-0.4, -0.2) is 29.2 Å². The van der Waals surface area contributed by atoms with Crippen LogP contribution in [-0.2, 0) is 6.18 Å². The normalized spacial score (nSPS) is 11.6. The zero-order chi connectivity index (χ0) is 13.6. The third-order valence-electron chi connectivity index (χ3n) is 2.40. The first-order valence-corrected chi connectivity index (χ1v) is 6.24. The zero-order valence-electron chi connectivity index (χ0n) is 10.0. The van der Waals surface area contributed by atoms with Crippen molar-refractivity contribution in [1.29, 1.82) is 0 Å². The molecule has 0 amide bonds. The van der Waals surface area contributed by atoms with Gasteiger partial charge >= 0.3 is 6.18 Å². The summed E-state index contributed by atoms with van der Waals surface area (Å²) in [4.78, 5) is 1.84. The Bertz CT molecular complexity index is 354. The molecule has 0 aliphatic carbocycles. The van der Waals surface area contributed by atoms with Crippen LogP contribution in [0.4, 0.5) is 19.0 Å².